The van der Waals surface area contributed by atoms with E-state index >= 15 is 0 Å². The van der Waals surface area contributed by atoms with Gasteiger partial charge in [-0.2, -0.15) is 0 Å². The summed E-state index contributed by atoms with van der Waals surface area (Å²) < 4.78 is 18.4. The average molecular weight is 521 g/mol. The van der Waals surface area contributed by atoms with Crippen LogP contribution in [-0.2, 0) is 23.5 Å². The van der Waals surface area contributed by atoms with E-state index in [9.17, 15) is 14.7 Å². The van der Waals surface area contributed by atoms with E-state index in [0.717, 1.165) is 31.3 Å². The van der Waals surface area contributed by atoms with Crippen molar-refractivity contribution < 1.29 is 28.6 Å². The molecule has 0 spiro atoms. The standard InChI is InChI=1S/C29H48O6Si/c1-9-18(2)28(32)34-25-15-21(30)14-20-11-10-19(3)24(27(20)25)13-12-22-16-23(17-26(31)33-22)35-36(7,8)29(4,5)6/h10-11,14,18-19,21-25,27,30H,9,12-13,15-17H2,1-8H3/t18-,19-,21+,22+,23+,24-,25-,27-/m0/s1. The van der Waals surface area contributed by atoms with Crippen LogP contribution in [0.2, 0.25) is 18.1 Å². The number of allylic oxidation sites excluding steroid dienone is 2. The molecule has 0 aromatic carbocycles. The van der Waals surface area contributed by atoms with Gasteiger partial charge in [-0.15, -0.1) is 0 Å². The van der Waals surface area contributed by atoms with E-state index < -0.39 is 14.4 Å². The average Bonchev–Trinajstić information content (AvgIpc) is 2.76. The van der Waals surface area contributed by atoms with Crippen molar-refractivity contribution in [2.45, 2.75) is 123 Å². The summed E-state index contributed by atoms with van der Waals surface area (Å²) in [6.07, 6.45) is 8.79. The number of aliphatic hydroxyl groups is 1. The van der Waals surface area contributed by atoms with E-state index in [-0.39, 0.29) is 53.0 Å². The molecule has 3 aliphatic rings. The van der Waals surface area contributed by atoms with E-state index in [0.29, 0.717) is 18.8 Å². The molecule has 6 nitrogen and oxygen atoms in total. The summed E-state index contributed by atoms with van der Waals surface area (Å²) in [6, 6.07) is 0. The molecule has 0 aromatic heterocycles. The molecule has 0 amide bonds. The summed E-state index contributed by atoms with van der Waals surface area (Å²) in [4.78, 5) is 25.1. The van der Waals surface area contributed by atoms with Crippen molar-refractivity contribution in [3.63, 3.8) is 0 Å². The maximum Gasteiger partial charge on any atom is 0.308 e. The summed E-state index contributed by atoms with van der Waals surface area (Å²) >= 11 is 0. The minimum Gasteiger partial charge on any atom is -0.462 e. The number of ether oxygens (including phenoxy) is 2. The van der Waals surface area contributed by atoms with Gasteiger partial charge in [0.25, 0.3) is 0 Å². The van der Waals surface area contributed by atoms with E-state index in [4.69, 9.17) is 13.9 Å². The Hall–Kier alpha value is -1.44. The molecule has 0 aromatic rings. The van der Waals surface area contributed by atoms with Crippen LogP contribution in [0, 0.1) is 23.7 Å². The lowest BCUT2D eigenvalue weighted by molar-refractivity contribution is -0.162. The molecule has 1 heterocycles. The molecule has 1 N–H and O–H groups in total. The fraction of sp³-hybridized carbons (Fsp3) is 0.793. The van der Waals surface area contributed by atoms with Crippen molar-refractivity contribution in [2.24, 2.45) is 23.7 Å². The van der Waals surface area contributed by atoms with Crippen molar-refractivity contribution in [2.75, 3.05) is 0 Å². The Labute approximate surface area is 219 Å². The molecule has 0 radical (unpaired) electrons. The molecule has 8 atom stereocenters. The maximum absolute atomic E-state index is 12.7. The molecule has 1 aliphatic heterocycles. The number of cyclic esters (lactones) is 1. The van der Waals surface area contributed by atoms with Crippen LogP contribution in [0.25, 0.3) is 0 Å². The highest BCUT2D eigenvalue weighted by molar-refractivity contribution is 6.74. The topological polar surface area (TPSA) is 82.1 Å². The first-order valence-electron chi connectivity index (χ1n) is 13.9. The highest BCUT2D eigenvalue weighted by Crippen LogP contribution is 2.45. The van der Waals surface area contributed by atoms with Crippen molar-refractivity contribution in [3.05, 3.63) is 23.8 Å². The number of carbonyl (C=O) groups is 2. The van der Waals surface area contributed by atoms with Crippen molar-refractivity contribution in [1.82, 2.24) is 0 Å². The van der Waals surface area contributed by atoms with Crippen LogP contribution in [0.4, 0.5) is 0 Å². The van der Waals surface area contributed by atoms with Gasteiger partial charge in [-0.3, -0.25) is 9.59 Å². The highest BCUT2D eigenvalue weighted by atomic mass is 28.4. The van der Waals surface area contributed by atoms with Gasteiger partial charge in [-0.05, 0) is 54.8 Å². The molecule has 36 heavy (non-hydrogen) atoms. The van der Waals surface area contributed by atoms with E-state index in [1.54, 1.807) is 0 Å². The third-order valence-corrected chi connectivity index (χ3v) is 13.5. The number of rotatable bonds is 8. The number of aliphatic hydroxyl groups excluding tert-OH is 1. The zero-order chi connectivity index (χ0) is 26.8. The molecule has 204 valence electrons. The minimum absolute atomic E-state index is 0.0416. The van der Waals surface area contributed by atoms with Crippen LogP contribution in [0.1, 0.15) is 80.1 Å². The lowest BCUT2D eigenvalue weighted by atomic mass is 9.66. The molecule has 0 unspecified atom stereocenters. The maximum atomic E-state index is 12.7. The van der Waals surface area contributed by atoms with Gasteiger partial charge in [0.05, 0.1) is 24.5 Å². The fourth-order valence-electron chi connectivity index (χ4n) is 5.50. The third kappa shape index (κ3) is 6.90. The molecular formula is C29H48O6Si. The Morgan fingerprint density at radius 1 is 1.25 bits per heavy atom. The zero-order valence-electron chi connectivity index (χ0n) is 23.6. The van der Waals surface area contributed by atoms with Gasteiger partial charge in [0.15, 0.2) is 8.32 Å². The van der Waals surface area contributed by atoms with Crippen molar-refractivity contribution in [3.8, 4) is 0 Å². The van der Waals surface area contributed by atoms with Crippen LogP contribution < -0.4 is 0 Å². The highest BCUT2D eigenvalue weighted by Gasteiger charge is 2.44. The van der Waals surface area contributed by atoms with Gasteiger partial charge in [-0.1, -0.05) is 59.8 Å². The minimum atomic E-state index is -1.98. The summed E-state index contributed by atoms with van der Waals surface area (Å²) in [7, 11) is -1.98. The first-order valence-corrected chi connectivity index (χ1v) is 16.8. The fourth-order valence-corrected chi connectivity index (χ4v) is 6.87. The number of hydrogen-bond donors (Lipinski definition) is 1. The Morgan fingerprint density at radius 3 is 2.58 bits per heavy atom. The predicted molar refractivity (Wildman–Crippen MR) is 144 cm³/mol. The summed E-state index contributed by atoms with van der Waals surface area (Å²) in [5, 5.41) is 10.5. The summed E-state index contributed by atoms with van der Waals surface area (Å²) in [5.41, 5.74) is 1.05. The van der Waals surface area contributed by atoms with E-state index in [1.807, 2.05) is 19.9 Å². The normalized spacial score (nSPS) is 33.9. The molecule has 7 heteroatoms. The van der Waals surface area contributed by atoms with E-state index in [1.165, 1.54) is 0 Å². The second-order valence-electron chi connectivity index (χ2n) is 12.8. The molecule has 3 rings (SSSR count). The predicted octanol–water partition coefficient (Wildman–Crippen LogP) is 5.95. The molecule has 1 saturated heterocycles. The molecule has 0 saturated carbocycles. The first-order chi connectivity index (χ1) is 16.7. The Kier molecular flexibility index (Phi) is 9.32. The van der Waals surface area contributed by atoms with Crippen molar-refractivity contribution in [1.29, 1.82) is 0 Å². The van der Waals surface area contributed by atoms with Crippen LogP contribution in [-0.4, -0.2) is 49.8 Å². The van der Waals surface area contributed by atoms with Gasteiger partial charge in [0.1, 0.15) is 12.2 Å². The number of esters is 2. The first kappa shape index (κ1) is 29.1. The monoisotopic (exact) mass is 520 g/mol. The zero-order valence-corrected chi connectivity index (χ0v) is 24.6. The lowest BCUT2D eigenvalue weighted by Crippen LogP contribution is -2.47. The summed E-state index contributed by atoms with van der Waals surface area (Å²) in [6.45, 7) is 17.2. The lowest BCUT2D eigenvalue weighted by Gasteiger charge is -2.43. The van der Waals surface area contributed by atoms with Crippen LogP contribution in [0.15, 0.2) is 23.8 Å². The second kappa shape index (κ2) is 11.5. The smallest absolute Gasteiger partial charge is 0.308 e. The van der Waals surface area contributed by atoms with Crippen molar-refractivity contribution >= 4 is 20.3 Å². The third-order valence-electron chi connectivity index (χ3n) is 8.96. The molecular weight excluding hydrogens is 472 g/mol. The Balaban J connectivity index is 1.71. The van der Waals surface area contributed by atoms with Crippen LogP contribution >= 0.6 is 0 Å². The van der Waals surface area contributed by atoms with Gasteiger partial charge < -0.3 is 19.0 Å². The van der Waals surface area contributed by atoms with Gasteiger partial charge in [-0.25, -0.2) is 0 Å². The molecule has 0 bridgehead atoms. The van der Waals surface area contributed by atoms with Crippen LogP contribution in [0.5, 0.6) is 0 Å². The quantitative estimate of drug-likeness (QED) is 0.315. The van der Waals surface area contributed by atoms with E-state index in [2.05, 4.69) is 52.9 Å². The van der Waals surface area contributed by atoms with Gasteiger partial charge >= 0.3 is 11.9 Å². The number of hydrogen-bond acceptors (Lipinski definition) is 6. The SMILES string of the molecule is CC[C@H](C)C(=O)O[C@H]1C[C@H](O)C=C2C=C[C@H](C)[C@H](CC[C@@H]3C[C@@H](O[Si](C)(C)C(C)(C)C)CC(=O)O3)[C@H]21. The summed E-state index contributed by atoms with van der Waals surface area (Å²) in [5.74, 6) is 0.0533. The largest absolute Gasteiger partial charge is 0.462 e. The van der Waals surface area contributed by atoms with Gasteiger partial charge in [0, 0.05) is 18.8 Å². The number of carbonyl (C=O) groups excluding carboxylic acids is 2. The Bertz CT molecular complexity index is 856. The number of fused-ring (bicyclic) bond motifs is 1. The second-order valence-corrected chi connectivity index (χ2v) is 17.5. The molecule has 2 aliphatic carbocycles. The van der Waals surface area contributed by atoms with Gasteiger partial charge in [0.2, 0.25) is 0 Å². The van der Waals surface area contributed by atoms with Crippen LogP contribution in [0.3, 0.4) is 0 Å². The Morgan fingerprint density at radius 2 is 1.94 bits per heavy atom. The molecule has 1 fully saturated rings.